The molecule has 2 aromatic rings. The van der Waals surface area contributed by atoms with Gasteiger partial charge < -0.3 is 29.5 Å². The first-order valence-corrected chi connectivity index (χ1v) is 14.4. The van der Waals surface area contributed by atoms with E-state index in [0.717, 1.165) is 18.9 Å². The lowest BCUT2D eigenvalue weighted by atomic mass is 10.1. The van der Waals surface area contributed by atoms with E-state index in [1.807, 2.05) is 0 Å². The number of carbonyl (C=O) groups excluding carboxylic acids is 1. The van der Waals surface area contributed by atoms with Crippen LogP contribution in [-0.4, -0.2) is 84.9 Å². The van der Waals surface area contributed by atoms with E-state index >= 15 is 4.39 Å². The van der Waals surface area contributed by atoms with Crippen molar-refractivity contribution >= 4 is 44.6 Å². The summed E-state index contributed by atoms with van der Waals surface area (Å²) in [5, 5.41) is 16.6. The molecule has 1 saturated heterocycles. The molecular formula is C25H32FN5O9S. The number of hydrogen-bond acceptors (Lipinski definition) is 11. The van der Waals surface area contributed by atoms with E-state index in [2.05, 4.69) is 15.5 Å². The smallest absolute Gasteiger partial charge is 0.341 e. The maximum Gasteiger partial charge on any atom is 0.341 e. The molecule has 3 heterocycles. The first-order chi connectivity index (χ1) is 19.2. The van der Waals surface area contributed by atoms with Crippen molar-refractivity contribution in [3.8, 4) is 0 Å². The number of rotatable bonds is 9. The summed E-state index contributed by atoms with van der Waals surface area (Å²) in [6.07, 6.45) is 5.02. The number of allylic oxidation sites excluding steroid dienone is 1. The molecule has 1 aliphatic heterocycles. The normalized spacial score (nSPS) is 18.2. The fourth-order valence-corrected chi connectivity index (χ4v) is 4.26. The van der Waals surface area contributed by atoms with Crippen LogP contribution in [0.3, 0.4) is 0 Å². The number of hydrogen-bond donors (Lipinski definition) is 3. The van der Waals surface area contributed by atoms with E-state index in [0.29, 0.717) is 30.8 Å². The second kappa shape index (κ2) is 13.1. The van der Waals surface area contributed by atoms with E-state index in [1.165, 1.54) is 19.4 Å². The molecule has 224 valence electrons. The largest absolute Gasteiger partial charge is 0.477 e. The van der Waals surface area contributed by atoms with E-state index in [4.69, 9.17) is 14.1 Å². The minimum atomic E-state index is -3.67. The molecule has 0 bridgehead atoms. The minimum absolute atomic E-state index is 0.0207. The van der Waals surface area contributed by atoms with Gasteiger partial charge in [0.2, 0.25) is 5.43 Å². The Labute approximate surface area is 235 Å². The molecule has 3 N–H and O–H groups in total. The van der Waals surface area contributed by atoms with Crippen LogP contribution in [0.2, 0.25) is 0 Å². The van der Waals surface area contributed by atoms with Crippen molar-refractivity contribution in [1.29, 1.82) is 0 Å². The third kappa shape index (κ3) is 8.47. The Kier molecular flexibility index (Phi) is 10.0. The monoisotopic (exact) mass is 597 g/mol. The highest BCUT2D eigenvalue weighted by atomic mass is 32.2. The number of carboxylic acids is 1. The van der Waals surface area contributed by atoms with Crippen LogP contribution in [0.25, 0.3) is 11.0 Å². The van der Waals surface area contributed by atoms with Gasteiger partial charge in [-0.25, -0.2) is 19.0 Å². The lowest BCUT2D eigenvalue weighted by molar-refractivity contribution is -0.137. The zero-order valence-corrected chi connectivity index (χ0v) is 23.8. The van der Waals surface area contributed by atoms with E-state index < -0.39 is 38.9 Å². The summed E-state index contributed by atoms with van der Waals surface area (Å²) in [6.45, 7) is 4.76. The number of aromatic carboxylic acids is 1. The molecular weight excluding hydrogens is 565 g/mol. The van der Waals surface area contributed by atoms with Crippen molar-refractivity contribution in [2.75, 3.05) is 44.5 Å². The molecule has 0 radical (unpaired) electrons. The van der Waals surface area contributed by atoms with Gasteiger partial charge in [-0.1, -0.05) is 5.16 Å². The third-order valence-corrected chi connectivity index (χ3v) is 6.13. The van der Waals surface area contributed by atoms with Gasteiger partial charge in [0.1, 0.15) is 18.3 Å². The average molecular weight is 598 g/mol. The van der Waals surface area contributed by atoms with Crippen LogP contribution in [0.4, 0.5) is 10.2 Å². The topological polar surface area (TPSA) is 190 Å². The van der Waals surface area contributed by atoms with Crippen molar-refractivity contribution in [3.05, 3.63) is 45.6 Å². The van der Waals surface area contributed by atoms with Gasteiger partial charge in [0, 0.05) is 43.0 Å². The Morgan fingerprint density at radius 2 is 2.00 bits per heavy atom. The van der Waals surface area contributed by atoms with Gasteiger partial charge in [-0.3, -0.25) is 9.35 Å². The Hall–Kier alpha value is -4.05. The lowest BCUT2D eigenvalue weighted by Gasteiger charge is -2.20. The maximum atomic E-state index is 15.3. The van der Waals surface area contributed by atoms with Gasteiger partial charge in [0.05, 0.1) is 30.5 Å². The highest BCUT2D eigenvalue weighted by molar-refractivity contribution is 7.85. The number of ether oxygens (including phenoxy) is 1. The molecule has 2 aromatic heterocycles. The van der Waals surface area contributed by atoms with Crippen LogP contribution in [0, 0.1) is 11.7 Å². The highest BCUT2D eigenvalue weighted by Crippen LogP contribution is 2.37. The van der Waals surface area contributed by atoms with Crippen molar-refractivity contribution in [3.63, 3.8) is 0 Å². The number of carboxylic acid groups (broad SMARTS) is 1. The van der Waals surface area contributed by atoms with Gasteiger partial charge in [0.25, 0.3) is 10.1 Å². The van der Waals surface area contributed by atoms with E-state index in [9.17, 15) is 27.9 Å². The molecule has 4 rings (SSSR count). The molecule has 2 aliphatic rings. The van der Waals surface area contributed by atoms with Crippen LogP contribution in [-0.2, 0) is 24.5 Å². The molecule has 0 amide bonds. The lowest BCUT2D eigenvalue weighted by Crippen LogP contribution is -2.28. The molecule has 2 fully saturated rings. The summed E-state index contributed by atoms with van der Waals surface area (Å²) >= 11 is 0. The predicted octanol–water partition coefficient (Wildman–Crippen LogP) is 1.57. The van der Waals surface area contributed by atoms with Crippen LogP contribution >= 0.6 is 0 Å². The van der Waals surface area contributed by atoms with Crippen LogP contribution in [0.1, 0.15) is 43.1 Å². The molecule has 1 saturated carbocycles. The van der Waals surface area contributed by atoms with Gasteiger partial charge in [-0.2, -0.15) is 8.42 Å². The molecule has 0 spiro atoms. The van der Waals surface area contributed by atoms with Gasteiger partial charge in [-0.15, -0.1) is 0 Å². The first-order valence-electron chi connectivity index (χ1n) is 12.6. The zero-order valence-electron chi connectivity index (χ0n) is 23.0. The summed E-state index contributed by atoms with van der Waals surface area (Å²) in [5.74, 6) is -2.66. The molecule has 1 aliphatic carbocycles. The second-order valence-electron chi connectivity index (χ2n) is 9.52. The fourth-order valence-electron chi connectivity index (χ4n) is 4.26. The standard InChI is InChI=1S/C24H28FN5O6.CH4O3S/c1-4-36-20(31)7-13(2)26-9-14-10-29(12-19(14)28-35-3)23-18(25)8-16-21(32)17(24(33)34)11-30(15-5-6-15)22(16)27-23;1-5(2,3)4/h7-8,11,14-15,26H,4-6,9-10,12H2,1-3H3,(H,33,34);1H3,(H,2,3,4)/b13-7-,28-19+;. The van der Waals surface area contributed by atoms with Gasteiger partial charge in [0.15, 0.2) is 11.6 Å². The van der Waals surface area contributed by atoms with Crippen molar-refractivity contribution in [2.24, 2.45) is 11.1 Å². The highest BCUT2D eigenvalue weighted by Gasteiger charge is 2.34. The van der Waals surface area contributed by atoms with E-state index in [-0.39, 0.29) is 42.0 Å². The van der Waals surface area contributed by atoms with Crippen LogP contribution in [0.15, 0.2) is 34.0 Å². The van der Waals surface area contributed by atoms with Gasteiger partial charge in [-0.05, 0) is 32.8 Å². The van der Waals surface area contributed by atoms with Crippen LogP contribution < -0.4 is 15.6 Å². The zero-order chi connectivity index (χ0) is 30.5. The fraction of sp³-hybridized carbons (Fsp3) is 0.480. The number of esters is 1. The summed E-state index contributed by atoms with van der Waals surface area (Å²) in [6, 6.07) is 1.09. The number of oxime groups is 1. The van der Waals surface area contributed by atoms with Crippen molar-refractivity contribution in [1.82, 2.24) is 14.9 Å². The number of halogens is 1. The Bertz CT molecular complexity index is 1540. The molecule has 14 nitrogen and oxygen atoms in total. The Morgan fingerprint density at radius 1 is 1.34 bits per heavy atom. The number of aromatic nitrogens is 2. The SMILES string of the molecule is CCOC(=O)/C=C(/C)NCC1CN(c2nc3c(cc2F)c(=O)c(C(=O)O)cn3C2CC2)C/C1=N\OC.CS(=O)(=O)O. The average Bonchev–Trinajstić information content (AvgIpc) is 3.63. The number of nitrogens with zero attached hydrogens (tertiary/aromatic N) is 4. The maximum absolute atomic E-state index is 15.3. The summed E-state index contributed by atoms with van der Waals surface area (Å²) in [5.41, 5.74) is 0.360. The summed E-state index contributed by atoms with van der Waals surface area (Å²) < 4.78 is 47.7. The van der Waals surface area contributed by atoms with Gasteiger partial charge >= 0.3 is 11.9 Å². The minimum Gasteiger partial charge on any atom is -0.477 e. The summed E-state index contributed by atoms with van der Waals surface area (Å²) in [4.78, 5) is 47.1. The third-order valence-electron chi connectivity index (χ3n) is 6.13. The van der Waals surface area contributed by atoms with Crippen LogP contribution in [0.5, 0.6) is 0 Å². The number of fused-ring (bicyclic) bond motifs is 1. The first kappa shape index (κ1) is 31.5. The molecule has 16 heteroatoms. The number of anilines is 1. The Balaban J connectivity index is 0.000000850. The summed E-state index contributed by atoms with van der Waals surface area (Å²) in [7, 11) is -2.24. The quantitative estimate of drug-likeness (QED) is 0.164. The van der Waals surface area contributed by atoms with E-state index in [1.54, 1.807) is 23.3 Å². The van der Waals surface area contributed by atoms with Crippen molar-refractivity contribution in [2.45, 2.75) is 32.7 Å². The molecule has 1 unspecified atom stereocenters. The molecule has 0 aromatic carbocycles. The molecule has 41 heavy (non-hydrogen) atoms. The number of pyridine rings is 2. The predicted molar refractivity (Wildman–Crippen MR) is 147 cm³/mol. The van der Waals surface area contributed by atoms with Crippen molar-refractivity contribution < 1.29 is 41.6 Å². The number of nitrogens with one attached hydrogen (secondary N) is 1. The Morgan fingerprint density at radius 3 is 2.56 bits per heavy atom. The molecule has 1 atom stereocenters. The second-order valence-corrected chi connectivity index (χ2v) is 11.0. The number of carbonyl (C=O) groups is 2.